The minimum Gasteiger partial charge on any atom is -0.350 e. The molecular weight excluding hydrogens is 220 g/mol. The van der Waals surface area contributed by atoms with Gasteiger partial charge in [0.2, 0.25) is 5.91 Å². The third kappa shape index (κ3) is 4.33. The fourth-order valence-electron chi connectivity index (χ4n) is 1.23. The Balaban J connectivity index is 2.87. The summed E-state index contributed by atoms with van der Waals surface area (Å²) < 4.78 is 0. The molecule has 17 heavy (non-hydrogen) atoms. The molecule has 0 unspecified atom stereocenters. The monoisotopic (exact) mass is 234 g/mol. The first kappa shape index (κ1) is 12.7. The van der Waals surface area contributed by atoms with Crippen molar-refractivity contribution in [2.24, 2.45) is 10.8 Å². The molecule has 1 rings (SSSR count). The number of carbonyl (C=O) groups excluding carboxylic acids is 2. The summed E-state index contributed by atoms with van der Waals surface area (Å²) in [6.45, 7) is 3.16. The molecule has 0 aliphatic rings. The molecule has 4 N–H and O–H groups in total. The van der Waals surface area contributed by atoms with Crippen LogP contribution in [0.3, 0.4) is 0 Å². The van der Waals surface area contributed by atoms with E-state index in [0.29, 0.717) is 11.4 Å². The number of primary amides is 1. The Kier molecular flexibility index (Phi) is 4.21. The molecule has 0 heterocycles. The van der Waals surface area contributed by atoms with Crippen molar-refractivity contribution in [1.82, 2.24) is 5.43 Å². The Hall–Kier alpha value is -2.37. The summed E-state index contributed by atoms with van der Waals surface area (Å²) >= 11 is 0. The fraction of sp³-hybridized carbons (Fsp3) is 0.182. The van der Waals surface area contributed by atoms with Gasteiger partial charge in [0.15, 0.2) is 0 Å². The first-order valence-electron chi connectivity index (χ1n) is 4.97. The van der Waals surface area contributed by atoms with E-state index >= 15 is 0 Å². The number of nitrogens with two attached hydrogens (primary N) is 1. The Morgan fingerprint density at radius 2 is 2.00 bits per heavy atom. The van der Waals surface area contributed by atoms with Crippen LogP contribution in [0, 0.1) is 0 Å². The molecule has 0 aliphatic carbocycles. The van der Waals surface area contributed by atoms with Crippen LogP contribution in [0.2, 0.25) is 0 Å². The zero-order valence-electron chi connectivity index (χ0n) is 9.65. The maximum absolute atomic E-state index is 10.9. The smallest absolute Gasteiger partial charge is 0.332 e. The highest BCUT2D eigenvalue weighted by Gasteiger charge is 2.01. The highest BCUT2D eigenvalue weighted by atomic mass is 16.2. The number of hydrogen-bond donors (Lipinski definition) is 3. The first-order valence-corrected chi connectivity index (χ1v) is 4.97. The van der Waals surface area contributed by atoms with Crippen molar-refractivity contribution < 1.29 is 9.59 Å². The summed E-state index contributed by atoms with van der Waals surface area (Å²) in [4.78, 5) is 21.4. The number of hydrazone groups is 1. The van der Waals surface area contributed by atoms with Crippen molar-refractivity contribution in [3.8, 4) is 0 Å². The lowest BCUT2D eigenvalue weighted by atomic mass is 10.1. The van der Waals surface area contributed by atoms with Crippen LogP contribution < -0.4 is 16.5 Å². The molecule has 1 aromatic rings. The molecule has 0 bridgehead atoms. The summed E-state index contributed by atoms with van der Waals surface area (Å²) in [5, 5.41) is 6.45. The Morgan fingerprint density at radius 1 is 1.29 bits per heavy atom. The number of benzene rings is 1. The maximum atomic E-state index is 10.9. The minimum absolute atomic E-state index is 0.146. The number of nitrogens with zero attached hydrogens (tertiary/aromatic N) is 1. The highest BCUT2D eigenvalue weighted by molar-refractivity contribution is 6.00. The van der Waals surface area contributed by atoms with E-state index in [1.807, 2.05) is 6.07 Å². The van der Waals surface area contributed by atoms with Crippen molar-refractivity contribution >= 4 is 23.3 Å². The Bertz CT molecular complexity index is 468. The van der Waals surface area contributed by atoms with Crippen molar-refractivity contribution in [3.05, 3.63) is 29.8 Å². The molecule has 3 amide bonds. The number of carbonyl (C=O) groups is 2. The lowest BCUT2D eigenvalue weighted by Gasteiger charge is -2.05. The van der Waals surface area contributed by atoms with Crippen molar-refractivity contribution in [1.29, 1.82) is 0 Å². The quantitative estimate of drug-likeness (QED) is 0.538. The standard InChI is InChI=1S/C11H14N4O2/c1-7(14-15-11(12)17)9-4-3-5-10(6-9)13-8(2)16/h3-6H,1-2H3,(H,13,16)(H3,12,15,17)/b14-7+. The molecule has 0 atom stereocenters. The first-order chi connectivity index (χ1) is 7.99. The number of hydrogen-bond acceptors (Lipinski definition) is 3. The molecule has 0 aromatic heterocycles. The third-order valence-corrected chi connectivity index (χ3v) is 1.93. The van der Waals surface area contributed by atoms with E-state index < -0.39 is 6.03 Å². The predicted molar refractivity (Wildman–Crippen MR) is 65.7 cm³/mol. The van der Waals surface area contributed by atoms with E-state index in [4.69, 9.17) is 5.73 Å². The molecule has 0 radical (unpaired) electrons. The summed E-state index contributed by atoms with van der Waals surface area (Å²) in [5.41, 5.74) is 9.09. The zero-order chi connectivity index (χ0) is 12.8. The molecule has 1 aromatic carbocycles. The lowest BCUT2D eigenvalue weighted by Crippen LogP contribution is -2.25. The normalized spacial score (nSPS) is 10.8. The summed E-state index contributed by atoms with van der Waals surface area (Å²) in [6.07, 6.45) is 0. The third-order valence-electron chi connectivity index (χ3n) is 1.93. The fourth-order valence-corrected chi connectivity index (χ4v) is 1.23. The predicted octanol–water partition coefficient (Wildman–Crippen LogP) is 1.04. The van der Waals surface area contributed by atoms with E-state index in [2.05, 4.69) is 15.8 Å². The second kappa shape index (κ2) is 5.64. The van der Waals surface area contributed by atoms with Crippen LogP contribution in [0.1, 0.15) is 19.4 Å². The van der Waals surface area contributed by atoms with Crippen LogP contribution >= 0.6 is 0 Å². The van der Waals surface area contributed by atoms with Gasteiger partial charge in [0.25, 0.3) is 0 Å². The molecular formula is C11H14N4O2. The second-order valence-electron chi connectivity index (χ2n) is 3.44. The van der Waals surface area contributed by atoms with Gasteiger partial charge in [0, 0.05) is 12.6 Å². The van der Waals surface area contributed by atoms with Crippen LogP contribution in [0.4, 0.5) is 10.5 Å². The molecule has 6 nitrogen and oxygen atoms in total. The second-order valence-corrected chi connectivity index (χ2v) is 3.44. The zero-order valence-corrected chi connectivity index (χ0v) is 9.65. The molecule has 0 saturated carbocycles. The largest absolute Gasteiger partial charge is 0.350 e. The summed E-state index contributed by atoms with van der Waals surface area (Å²) in [7, 11) is 0. The average Bonchev–Trinajstić information content (AvgIpc) is 2.25. The highest BCUT2D eigenvalue weighted by Crippen LogP contribution is 2.11. The molecule has 0 spiro atoms. The van der Waals surface area contributed by atoms with Gasteiger partial charge in [0.1, 0.15) is 0 Å². The Morgan fingerprint density at radius 3 is 2.59 bits per heavy atom. The van der Waals surface area contributed by atoms with Gasteiger partial charge in [-0.3, -0.25) is 4.79 Å². The van der Waals surface area contributed by atoms with E-state index in [0.717, 1.165) is 5.56 Å². The van der Waals surface area contributed by atoms with E-state index in [1.54, 1.807) is 25.1 Å². The van der Waals surface area contributed by atoms with Crippen LogP contribution in [-0.2, 0) is 4.79 Å². The van der Waals surface area contributed by atoms with Gasteiger partial charge < -0.3 is 11.1 Å². The SMILES string of the molecule is CC(=O)Nc1cccc(/C(C)=N/NC(N)=O)c1. The number of nitrogens with one attached hydrogen (secondary N) is 2. The number of anilines is 1. The van der Waals surface area contributed by atoms with Crippen molar-refractivity contribution in [3.63, 3.8) is 0 Å². The van der Waals surface area contributed by atoms with Gasteiger partial charge in [-0.25, -0.2) is 10.2 Å². The number of rotatable bonds is 3. The molecule has 0 saturated heterocycles. The van der Waals surface area contributed by atoms with Crippen molar-refractivity contribution in [2.45, 2.75) is 13.8 Å². The Labute approximate surface area is 98.9 Å². The van der Waals surface area contributed by atoms with Crippen LogP contribution in [-0.4, -0.2) is 17.6 Å². The topological polar surface area (TPSA) is 96.6 Å². The van der Waals surface area contributed by atoms with Gasteiger partial charge in [0.05, 0.1) is 5.71 Å². The van der Waals surface area contributed by atoms with Crippen LogP contribution in [0.15, 0.2) is 29.4 Å². The van der Waals surface area contributed by atoms with Gasteiger partial charge in [-0.1, -0.05) is 12.1 Å². The molecule has 0 aliphatic heterocycles. The summed E-state index contributed by atoms with van der Waals surface area (Å²) in [5.74, 6) is -0.146. The van der Waals surface area contributed by atoms with Gasteiger partial charge in [-0.05, 0) is 24.6 Å². The molecule has 90 valence electrons. The van der Waals surface area contributed by atoms with Crippen LogP contribution in [0.25, 0.3) is 0 Å². The number of urea groups is 1. The number of amides is 3. The summed E-state index contributed by atoms with van der Waals surface area (Å²) in [6, 6.07) is 6.39. The van der Waals surface area contributed by atoms with Crippen LogP contribution in [0.5, 0.6) is 0 Å². The van der Waals surface area contributed by atoms with Gasteiger partial charge in [-0.15, -0.1) is 0 Å². The maximum Gasteiger partial charge on any atom is 0.332 e. The molecule has 0 fully saturated rings. The van der Waals surface area contributed by atoms with Gasteiger partial charge in [-0.2, -0.15) is 5.10 Å². The molecule has 6 heteroatoms. The van der Waals surface area contributed by atoms with Crippen molar-refractivity contribution in [2.75, 3.05) is 5.32 Å². The lowest BCUT2D eigenvalue weighted by molar-refractivity contribution is -0.114. The minimum atomic E-state index is -0.720. The van der Waals surface area contributed by atoms with E-state index in [-0.39, 0.29) is 5.91 Å². The van der Waals surface area contributed by atoms with E-state index in [1.165, 1.54) is 6.92 Å². The van der Waals surface area contributed by atoms with E-state index in [9.17, 15) is 9.59 Å². The van der Waals surface area contributed by atoms with Gasteiger partial charge >= 0.3 is 6.03 Å². The average molecular weight is 234 g/mol.